The number of benzene rings is 1. The molecule has 102 valence electrons. The molecule has 0 aliphatic rings. The van der Waals surface area contributed by atoms with Gasteiger partial charge in [0.1, 0.15) is 0 Å². The van der Waals surface area contributed by atoms with Crippen LogP contribution in [0.15, 0.2) is 24.3 Å². The summed E-state index contributed by atoms with van der Waals surface area (Å²) in [4.78, 5) is 11.6. The summed E-state index contributed by atoms with van der Waals surface area (Å²) in [6, 6.07) is 8.43. The zero-order valence-corrected chi connectivity index (χ0v) is 11.7. The van der Waals surface area contributed by atoms with E-state index < -0.39 is 15.1 Å². The molecule has 1 aromatic carbocycles. The lowest BCUT2D eigenvalue weighted by Gasteiger charge is -2.08. The number of nitrogens with zero attached hydrogens (tertiary/aromatic N) is 1. The topological polar surface area (TPSA) is 87.0 Å². The van der Waals surface area contributed by atoms with Crippen molar-refractivity contribution in [2.75, 3.05) is 11.1 Å². The van der Waals surface area contributed by atoms with Gasteiger partial charge < -0.3 is 5.32 Å². The molecule has 1 N–H and O–H groups in total. The smallest absolute Gasteiger partial charge is 0.225 e. The summed E-state index contributed by atoms with van der Waals surface area (Å²) in [6.45, 7) is 3.17. The number of rotatable bonds is 5. The molecule has 0 spiro atoms. The Morgan fingerprint density at radius 3 is 2.68 bits per heavy atom. The van der Waals surface area contributed by atoms with Crippen molar-refractivity contribution in [2.45, 2.75) is 25.5 Å². The van der Waals surface area contributed by atoms with Gasteiger partial charge in [0.2, 0.25) is 5.91 Å². The second-order valence-corrected chi connectivity index (χ2v) is 7.08. The van der Waals surface area contributed by atoms with Gasteiger partial charge in [0.05, 0.1) is 22.6 Å². The molecule has 0 aliphatic heterocycles. The average Bonchev–Trinajstić information content (AvgIpc) is 2.36. The molecule has 0 fully saturated rings. The summed E-state index contributed by atoms with van der Waals surface area (Å²) < 4.78 is 23.1. The zero-order chi connectivity index (χ0) is 14.5. The Kier molecular flexibility index (Phi) is 5.07. The van der Waals surface area contributed by atoms with Crippen LogP contribution in [0.1, 0.15) is 25.8 Å². The normalized spacial score (nSPS) is 11.1. The second-order valence-electron chi connectivity index (χ2n) is 4.41. The van der Waals surface area contributed by atoms with Gasteiger partial charge in [-0.05, 0) is 32.0 Å². The molecular formula is C13H16N2O3S. The Hall–Kier alpha value is -1.87. The molecule has 0 unspecified atom stereocenters. The van der Waals surface area contributed by atoms with Crippen molar-refractivity contribution < 1.29 is 13.2 Å². The Labute approximate surface area is 113 Å². The van der Waals surface area contributed by atoms with E-state index in [0.717, 1.165) is 0 Å². The fourth-order valence-electron chi connectivity index (χ4n) is 1.36. The number of anilines is 1. The van der Waals surface area contributed by atoms with Gasteiger partial charge in [-0.15, -0.1) is 0 Å². The van der Waals surface area contributed by atoms with Crippen molar-refractivity contribution in [1.82, 2.24) is 0 Å². The first kappa shape index (κ1) is 15.2. The van der Waals surface area contributed by atoms with Crippen LogP contribution < -0.4 is 5.32 Å². The van der Waals surface area contributed by atoms with E-state index in [0.29, 0.717) is 11.3 Å². The Bertz CT molecular complexity index is 601. The monoisotopic (exact) mass is 280 g/mol. The summed E-state index contributed by atoms with van der Waals surface area (Å²) in [5.74, 6) is -0.548. The number of hydrogen-bond acceptors (Lipinski definition) is 4. The average molecular weight is 280 g/mol. The summed E-state index contributed by atoms with van der Waals surface area (Å²) in [5, 5.41) is 10.8. The fraction of sp³-hybridized carbons (Fsp3) is 0.385. The predicted octanol–water partition coefficient (Wildman–Crippen LogP) is 1.71. The number of carbonyl (C=O) groups excluding carboxylic acids is 1. The summed E-state index contributed by atoms with van der Waals surface area (Å²) in [6.07, 6.45) is -0.0860. The first-order valence-electron chi connectivity index (χ1n) is 5.87. The standard InChI is InChI=1S/C13H16N2O3S/c1-10(2)19(17,18)7-6-13(16)15-12-5-3-4-11(8-12)9-14/h3-5,8,10H,6-7H2,1-2H3,(H,15,16). The largest absolute Gasteiger partial charge is 0.326 e. The summed E-state index contributed by atoms with van der Waals surface area (Å²) in [5.41, 5.74) is 0.929. The third-order valence-corrected chi connectivity index (χ3v) is 4.82. The first-order chi connectivity index (χ1) is 8.85. The molecule has 0 aliphatic carbocycles. The molecule has 19 heavy (non-hydrogen) atoms. The van der Waals surface area contributed by atoms with Gasteiger partial charge in [0.25, 0.3) is 0 Å². The third-order valence-electron chi connectivity index (χ3n) is 2.61. The highest BCUT2D eigenvalue weighted by Crippen LogP contribution is 2.10. The van der Waals surface area contributed by atoms with Crippen molar-refractivity contribution in [3.63, 3.8) is 0 Å². The molecule has 1 amide bonds. The van der Waals surface area contributed by atoms with Crippen LogP contribution in [0, 0.1) is 11.3 Å². The van der Waals surface area contributed by atoms with Crippen LogP contribution in [-0.2, 0) is 14.6 Å². The Morgan fingerprint density at radius 1 is 1.42 bits per heavy atom. The van der Waals surface area contributed by atoms with Crippen LogP contribution in [0.5, 0.6) is 0 Å². The van der Waals surface area contributed by atoms with Crippen molar-refractivity contribution >= 4 is 21.4 Å². The van der Waals surface area contributed by atoms with Gasteiger partial charge in [-0.3, -0.25) is 4.79 Å². The lowest BCUT2D eigenvalue weighted by Crippen LogP contribution is -2.22. The zero-order valence-electron chi connectivity index (χ0n) is 10.9. The van der Waals surface area contributed by atoms with Crippen molar-refractivity contribution in [2.24, 2.45) is 0 Å². The van der Waals surface area contributed by atoms with Crippen LogP contribution in [-0.4, -0.2) is 25.3 Å². The number of carbonyl (C=O) groups is 1. The number of hydrogen-bond donors (Lipinski definition) is 1. The quantitative estimate of drug-likeness (QED) is 0.889. The van der Waals surface area contributed by atoms with E-state index in [1.54, 1.807) is 32.0 Å². The molecule has 0 saturated heterocycles. The van der Waals surface area contributed by atoms with Gasteiger partial charge in [-0.25, -0.2) is 8.42 Å². The van der Waals surface area contributed by atoms with Gasteiger partial charge in [-0.2, -0.15) is 5.26 Å². The minimum Gasteiger partial charge on any atom is -0.326 e. The van der Waals surface area contributed by atoms with E-state index in [1.165, 1.54) is 6.07 Å². The molecule has 0 saturated carbocycles. The highest BCUT2D eigenvalue weighted by molar-refractivity contribution is 7.91. The van der Waals surface area contributed by atoms with Crippen LogP contribution in [0.3, 0.4) is 0 Å². The Balaban J connectivity index is 2.59. The van der Waals surface area contributed by atoms with E-state index >= 15 is 0 Å². The third kappa shape index (κ3) is 4.72. The minimum atomic E-state index is -3.21. The van der Waals surface area contributed by atoms with Crippen LogP contribution in [0.4, 0.5) is 5.69 Å². The van der Waals surface area contributed by atoms with Gasteiger partial charge >= 0.3 is 0 Å². The van der Waals surface area contributed by atoms with E-state index in [-0.39, 0.29) is 18.1 Å². The molecule has 0 radical (unpaired) electrons. The molecular weight excluding hydrogens is 264 g/mol. The summed E-state index contributed by atoms with van der Waals surface area (Å²) >= 11 is 0. The number of nitriles is 1. The molecule has 0 aromatic heterocycles. The highest BCUT2D eigenvalue weighted by atomic mass is 32.2. The van der Waals surface area contributed by atoms with E-state index in [1.807, 2.05) is 6.07 Å². The molecule has 6 heteroatoms. The molecule has 0 heterocycles. The molecule has 0 atom stereocenters. The lowest BCUT2D eigenvalue weighted by molar-refractivity contribution is -0.115. The Morgan fingerprint density at radius 2 is 2.11 bits per heavy atom. The van der Waals surface area contributed by atoms with Crippen LogP contribution >= 0.6 is 0 Å². The molecule has 1 aromatic rings. The maximum absolute atomic E-state index is 11.6. The van der Waals surface area contributed by atoms with E-state index in [2.05, 4.69) is 5.32 Å². The van der Waals surface area contributed by atoms with E-state index in [4.69, 9.17) is 5.26 Å². The molecule has 0 bridgehead atoms. The number of nitrogens with one attached hydrogen (secondary N) is 1. The van der Waals surface area contributed by atoms with Gasteiger partial charge in [0, 0.05) is 12.1 Å². The maximum Gasteiger partial charge on any atom is 0.225 e. The highest BCUT2D eigenvalue weighted by Gasteiger charge is 2.17. The van der Waals surface area contributed by atoms with Crippen molar-refractivity contribution in [3.8, 4) is 6.07 Å². The van der Waals surface area contributed by atoms with Crippen molar-refractivity contribution in [1.29, 1.82) is 5.26 Å². The summed E-state index contributed by atoms with van der Waals surface area (Å²) in [7, 11) is -3.21. The maximum atomic E-state index is 11.6. The van der Waals surface area contributed by atoms with Gasteiger partial charge in [-0.1, -0.05) is 6.07 Å². The number of sulfone groups is 1. The predicted molar refractivity (Wildman–Crippen MR) is 73.3 cm³/mol. The SMILES string of the molecule is CC(C)S(=O)(=O)CCC(=O)Nc1cccc(C#N)c1. The number of amides is 1. The fourth-order valence-corrected chi connectivity index (χ4v) is 2.30. The van der Waals surface area contributed by atoms with Crippen molar-refractivity contribution in [3.05, 3.63) is 29.8 Å². The molecule has 5 nitrogen and oxygen atoms in total. The lowest BCUT2D eigenvalue weighted by atomic mass is 10.2. The van der Waals surface area contributed by atoms with Crippen LogP contribution in [0.2, 0.25) is 0 Å². The first-order valence-corrected chi connectivity index (χ1v) is 7.58. The van der Waals surface area contributed by atoms with Crippen LogP contribution in [0.25, 0.3) is 0 Å². The molecule has 1 rings (SSSR count). The second kappa shape index (κ2) is 6.34. The minimum absolute atomic E-state index is 0.0860. The van der Waals surface area contributed by atoms with Gasteiger partial charge in [0.15, 0.2) is 9.84 Å². The van der Waals surface area contributed by atoms with E-state index in [9.17, 15) is 13.2 Å².